The summed E-state index contributed by atoms with van der Waals surface area (Å²) in [6.07, 6.45) is 9.22. The highest BCUT2D eigenvalue weighted by Crippen LogP contribution is 2.21. The molecule has 0 saturated heterocycles. The van der Waals surface area contributed by atoms with E-state index in [9.17, 15) is 0 Å². The average Bonchev–Trinajstić information content (AvgIpc) is 3.53. The molecule has 0 spiro atoms. The maximum Gasteiger partial charge on any atom is 0.137 e. The normalized spacial score (nSPS) is 11.4. The van der Waals surface area contributed by atoms with Crippen molar-refractivity contribution in [2.45, 2.75) is 39.2 Å². The number of benzene rings is 2. The van der Waals surface area contributed by atoms with E-state index >= 15 is 0 Å². The van der Waals surface area contributed by atoms with Gasteiger partial charge in [-0.05, 0) is 37.0 Å². The van der Waals surface area contributed by atoms with E-state index in [1.165, 1.54) is 22.1 Å². The fraction of sp³-hybridized carbons (Fsp3) is 0.240. The number of nitrogens with zero attached hydrogens (tertiary/aromatic N) is 4. The van der Waals surface area contributed by atoms with E-state index < -0.39 is 0 Å². The molecule has 0 unspecified atom stereocenters. The Hall–Kier alpha value is -3.67. The number of H-pyrrole nitrogens is 2. The van der Waals surface area contributed by atoms with Crippen LogP contribution in [-0.2, 0) is 25.8 Å². The maximum absolute atomic E-state index is 4.61. The molecule has 0 bridgehead atoms. The van der Waals surface area contributed by atoms with Crippen molar-refractivity contribution in [3.8, 4) is 0 Å². The third-order valence-electron chi connectivity index (χ3n) is 5.79. The molecule has 3 aromatic heterocycles. The van der Waals surface area contributed by atoms with Gasteiger partial charge in [-0.15, -0.1) is 10.2 Å². The number of aromatic nitrogens is 6. The Kier molecular flexibility index (Phi) is 5.35. The lowest BCUT2D eigenvalue weighted by atomic mass is 10.1. The molecule has 0 aliphatic carbocycles. The molecule has 0 aliphatic heterocycles. The molecule has 2 aromatic carbocycles. The largest absolute Gasteiger partial charge is 0.361 e. The molecule has 5 rings (SSSR count). The number of aryl methyl sites for hydroxylation is 2. The molecular weight excluding hydrogens is 384 g/mol. The number of fused-ring (bicyclic) bond motifs is 1. The molecule has 6 heteroatoms. The fourth-order valence-electron chi connectivity index (χ4n) is 4.08. The molecule has 5 aromatic rings. The van der Waals surface area contributed by atoms with Gasteiger partial charge in [-0.3, -0.25) is 0 Å². The first kappa shape index (κ1) is 19.3. The fourth-order valence-corrected chi connectivity index (χ4v) is 4.08. The molecule has 2 N–H and O–H groups in total. The summed E-state index contributed by atoms with van der Waals surface area (Å²) in [6.45, 7) is 2.99. The zero-order valence-corrected chi connectivity index (χ0v) is 17.7. The Morgan fingerprint density at radius 1 is 0.903 bits per heavy atom. The predicted molar refractivity (Wildman–Crippen MR) is 122 cm³/mol. The Morgan fingerprint density at radius 2 is 1.71 bits per heavy atom. The number of aromatic amines is 2. The van der Waals surface area contributed by atoms with Gasteiger partial charge in [0.2, 0.25) is 0 Å². The van der Waals surface area contributed by atoms with Gasteiger partial charge in [0.15, 0.2) is 0 Å². The average molecular weight is 411 g/mol. The maximum atomic E-state index is 4.61. The first-order valence-electron chi connectivity index (χ1n) is 10.7. The van der Waals surface area contributed by atoms with Crippen LogP contribution in [0.15, 0.2) is 67.3 Å². The van der Waals surface area contributed by atoms with Crippen LogP contribution < -0.4 is 0 Å². The van der Waals surface area contributed by atoms with Crippen molar-refractivity contribution in [1.82, 2.24) is 29.7 Å². The monoisotopic (exact) mass is 410 g/mol. The smallest absolute Gasteiger partial charge is 0.137 e. The molecule has 3 heterocycles. The van der Waals surface area contributed by atoms with E-state index in [-0.39, 0.29) is 0 Å². The lowest BCUT2D eigenvalue weighted by Crippen LogP contribution is -2.10. The molecule has 6 nitrogen and oxygen atoms in total. The van der Waals surface area contributed by atoms with Crippen molar-refractivity contribution in [3.63, 3.8) is 0 Å². The summed E-state index contributed by atoms with van der Waals surface area (Å²) in [5, 5.41) is 10.4. The summed E-state index contributed by atoms with van der Waals surface area (Å²) in [7, 11) is 0. The van der Waals surface area contributed by atoms with E-state index in [1.807, 2.05) is 6.20 Å². The SMILES string of the molecule is Cc1ccc(Cc2nnc(Cc3c[nH]c4ccccc34)n2CCCc2cnc[nH]2)cc1. The number of hydrogen-bond donors (Lipinski definition) is 2. The minimum atomic E-state index is 0.759. The summed E-state index contributed by atoms with van der Waals surface area (Å²) >= 11 is 0. The van der Waals surface area contributed by atoms with Crippen molar-refractivity contribution in [2.75, 3.05) is 0 Å². The van der Waals surface area contributed by atoms with Gasteiger partial charge in [0, 0.05) is 48.4 Å². The second-order valence-electron chi connectivity index (χ2n) is 8.06. The molecule has 0 atom stereocenters. The second kappa shape index (κ2) is 8.60. The van der Waals surface area contributed by atoms with E-state index in [2.05, 4.69) is 91.4 Å². The Bertz CT molecular complexity index is 1260. The van der Waals surface area contributed by atoms with Gasteiger partial charge in [0.05, 0.1) is 6.33 Å². The topological polar surface area (TPSA) is 75.2 Å². The van der Waals surface area contributed by atoms with Crippen LogP contribution in [0.4, 0.5) is 0 Å². The van der Waals surface area contributed by atoms with Crippen LogP contribution in [0.2, 0.25) is 0 Å². The first-order valence-corrected chi connectivity index (χ1v) is 10.7. The van der Waals surface area contributed by atoms with Crippen molar-refractivity contribution in [3.05, 3.63) is 101 Å². The van der Waals surface area contributed by atoms with Crippen LogP contribution in [0.5, 0.6) is 0 Å². The number of imidazole rings is 1. The summed E-state index contributed by atoms with van der Waals surface area (Å²) in [5.74, 6) is 2.03. The van der Waals surface area contributed by atoms with Crippen LogP contribution in [0.3, 0.4) is 0 Å². The van der Waals surface area contributed by atoms with Gasteiger partial charge in [-0.25, -0.2) is 4.98 Å². The number of rotatable bonds is 8. The van der Waals surface area contributed by atoms with Gasteiger partial charge >= 0.3 is 0 Å². The minimum absolute atomic E-state index is 0.759. The highest BCUT2D eigenvalue weighted by molar-refractivity contribution is 5.83. The van der Waals surface area contributed by atoms with Crippen molar-refractivity contribution in [2.24, 2.45) is 0 Å². The summed E-state index contributed by atoms with van der Waals surface area (Å²) < 4.78 is 2.30. The van der Waals surface area contributed by atoms with Gasteiger partial charge in [0.25, 0.3) is 0 Å². The van der Waals surface area contributed by atoms with E-state index in [4.69, 9.17) is 0 Å². The minimum Gasteiger partial charge on any atom is -0.361 e. The van der Waals surface area contributed by atoms with Crippen molar-refractivity contribution >= 4 is 10.9 Å². The molecule has 156 valence electrons. The number of nitrogens with one attached hydrogen (secondary N) is 2. The molecule has 0 radical (unpaired) electrons. The van der Waals surface area contributed by atoms with Gasteiger partial charge in [-0.2, -0.15) is 0 Å². The van der Waals surface area contributed by atoms with Gasteiger partial charge in [-0.1, -0.05) is 48.0 Å². The molecule has 0 amide bonds. The van der Waals surface area contributed by atoms with E-state index in [0.29, 0.717) is 0 Å². The molecule has 0 saturated carbocycles. The van der Waals surface area contributed by atoms with E-state index in [0.717, 1.165) is 55.1 Å². The highest BCUT2D eigenvalue weighted by atomic mass is 15.3. The summed E-state index contributed by atoms with van der Waals surface area (Å²) in [5.41, 5.74) is 6.09. The second-order valence-corrected chi connectivity index (χ2v) is 8.06. The molecule has 31 heavy (non-hydrogen) atoms. The zero-order chi connectivity index (χ0) is 21.0. The lowest BCUT2D eigenvalue weighted by Gasteiger charge is -2.11. The third kappa shape index (κ3) is 4.28. The summed E-state index contributed by atoms with van der Waals surface area (Å²) in [4.78, 5) is 10.7. The first-order chi connectivity index (χ1) is 15.3. The van der Waals surface area contributed by atoms with Crippen LogP contribution in [-0.4, -0.2) is 29.7 Å². The van der Waals surface area contributed by atoms with Crippen LogP contribution in [0.25, 0.3) is 10.9 Å². The lowest BCUT2D eigenvalue weighted by molar-refractivity contribution is 0.593. The highest BCUT2D eigenvalue weighted by Gasteiger charge is 2.15. The van der Waals surface area contributed by atoms with Gasteiger partial charge < -0.3 is 14.5 Å². The van der Waals surface area contributed by atoms with Crippen LogP contribution in [0.1, 0.15) is 40.5 Å². The molecular formula is C25H26N6. The predicted octanol–water partition coefficient (Wildman–Crippen LogP) is 4.61. The third-order valence-corrected chi connectivity index (χ3v) is 5.79. The Morgan fingerprint density at radius 3 is 2.52 bits per heavy atom. The van der Waals surface area contributed by atoms with E-state index in [1.54, 1.807) is 6.33 Å². The Balaban J connectivity index is 1.41. The van der Waals surface area contributed by atoms with Crippen molar-refractivity contribution < 1.29 is 0 Å². The zero-order valence-electron chi connectivity index (χ0n) is 17.7. The van der Waals surface area contributed by atoms with Crippen LogP contribution in [0, 0.1) is 6.92 Å². The van der Waals surface area contributed by atoms with Crippen LogP contribution >= 0.6 is 0 Å². The number of para-hydroxylation sites is 1. The summed E-state index contributed by atoms with van der Waals surface area (Å²) in [6, 6.07) is 17.1. The molecule has 0 aliphatic rings. The number of hydrogen-bond acceptors (Lipinski definition) is 3. The Labute approximate surface area is 181 Å². The quantitative estimate of drug-likeness (QED) is 0.392. The van der Waals surface area contributed by atoms with Gasteiger partial charge in [0.1, 0.15) is 11.6 Å². The molecule has 0 fully saturated rings. The standard InChI is InChI=1S/C25H26N6/c1-18-8-10-19(11-9-18)13-24-29-30-25(31(24)12-4-5-21-16-26-17-28-21)14-20-15-27-23-7-3-2-6-22(20)23/h2-3,6-11,15-17,27H,4-5,12-14H2,1H3,(H,26,28). The van der Waals surface area contributed by atoms with Crippen molar-refractivity contribution in [1.29, 1.82) is 0 Å².